The lowest BCUT2D eigenvalue weighted by atomic mass is 10.1. The zero-order valence-electron chi connectivity index (χ0n) is 12.4. The van der Waals surface area contributed by atoms with Gasteiger partial charge in [0.1, 0.15) is 16.4 Å². The average Bonchev–Trinajstić information content (AvgIpc) is 3.19. The largest absolute Gasteiger partial charge is 0.493 e. The SMILES string of the molecule is O=S(=O)(NCc1ccccn1)c1c2c(cc3c1OCC3)OCC2. The zero-order chi connectivity index (χ0) is 15.9. The van der Waals surface area contributed by atoms with Gasteiger partial charge in [-0.25, -0.2) is 13.1 Å². The van der Waals surface area contributed by atoms with Crippen molar-refractivity contribution in [1.29, 1.82) is 0 Å². The highest BCUT2D eigenvalue weighted by Gasteiger charge is 2.33. The van der Waals surface area contributed by atoms with E-state index in [1.54, 1.807) is 18.3 Å². The fourth-order valence-corrected chi connectivity index (χ4v) is 4.41. The lowest BCUT2D eigenvalue weighted by Crippen LogP contribution is -2.25. The van der Waals surface area contributed by atoms with E-state index in [1.807, 2.05) is 12.1 Å². The van der Waals surface area contributed by atoms with Crippen molar-refractivity contribution < 1.29 is 17.9 Å². The minimum absolute atomic E-state index is 0.141. The summed E-state index contributed by atoms with van der Waals surface area (Å²) in [4.78, 5) is 4.37. The van der Waals surface area contributed by atoms with Crippen molar-refractivity contribution >= 4 is 10.0 Å². The molecule has 7 heteroatoms. The Morgan fingerprint density at radius 2 is 2.04 bits per heavy atom. The Kier molecular flexibility index (Phi) is 3.46. The molecule has 1 aromatic carbocycles. The fourth-order valence-electron chi connectivity index (χ4n) is 2.97. The molecule has 2 aliphatic rings. The van der Waals surface area contributed by atoms with Crippen molar-refractivity contribution in [1.82, 2.24) is 9.71 Å². The predicted molar refractivity (Wildman–Crippen MR) is 83.1 cm³/mol. The number of nitrogens with one attached hydrogen (secondary N) is 1. The summed E-state index contributed by atoms with van der Waals surface area (Å²) < 4.78 is 39.5. The topological polar surface area (TPSA) is 77.5 Å². The average molecular weight is 332 g/mol. The third-order valence-corrected chi connectivity index (χ3v) is 5.53. The van der Waals surface area contributed by atoms with E-state index in [4.69, 9.17) is 9.47 Å². The fraction of sp³-hybridized carbons (Fsp3) is 0.312. The Morgan fingerprint density at radius 1 is 1.17 bits per heavy atom. The Bertz CT molecular complexity index is 818. The Balaban J connectivity index is 1.72. The molecular formula is C16H16N2O4S. The second kappa shape index (κ2) is 5.50. The highest BCUT2D eigenvalue weighted by Crippen LogP contribution is 2.42. The van der Waals surface area contributed by atoms with Gasteiger partial charge in [-0.1, -0.05) is 6.07 Å². The molecule has 2 aliphatic heterocycles. The number of rotatable bonds is 4. The predicted octanol–water partition coefficient (Wildman–Crippen LogP) is 1.43. The molecule has 0 aliphatic carbocycles. The first-order chi connectivity index (χ1) is 11.1. The minimum Gasteiger partial charge on any atom is -0.493 e. The van der Waals surface area contributed by atoms with Gasteiger partial charge < -0.3 is 9.47 Å². The van der Waals surface area contributed by atoms with Crippen LogP contribution in [0.2, 0.25) is 0 Å². The maximum Gasteiger partial charge on any atom is 0.245 e. The van der Waals surface area contributed by atoms with E-state index in [9.17, 15) is 8.42 Å². The molecule has 0 atom stereocenters. The maximum atomic E-state index is 12.9. The third-order valence-electron chi connectivity index (χ3n) is 4.04. The third kappa shape index (κ3) is 2.55. The highest BCUT2D eigenvalue weighted by molar-refractivity contribution is 7.89. The van der Waals surface area contributed by atoms with Crippen LogP contribution in [0.1, 0.15) is 16.8 Å². The van der Waals surface area contributed by atoms with Crippen molar-refractivity contribution in [2.24, 2.45) is 0 Å². The smallest absolute Gasteiger partial charge is 0.245 e. The van der Waals surface area contributed by atoms with E-state index in [2.05, 4.69) is 9.71 Å². The summed E-state index contributed by atoms with van der Waals surface area (Å²) in [5, 5.41) is 0. The molecule has 1 aromatic heterocycles. The van der Waals surface area contributed by atoms with Gasteiger partial charge in [0.2, 0.25) is 10.0 Å². The summed E-state index contributed by atoms with van der Waals surface area (Å²) in [7, 11) is -3.70. The van der Waals surface area contributed by atoms with Crippen molar-refractivity contribution in [3.05, 3.63) is 47.3 Å². The number of hydrogen-bond donors (Lipinski definition) is 1. The van der Waals surface area contributed by atoms with Crippen molar-refractivity contribution in [3.8, 4) is 11.5 Å². The van der Waals surface area contributed by atoms with E-state index in [0.29, 0.717) is 48.8 Å². The number of ether oxygens (including phenoxy) is 2. The number of pyridine rings is 1. The summed E-state index contributed by atoms with van der Waals surface area (Å²) in [5.41, 5.74) is 2.26. The highest BCUT2D eigenvalue weighted by atomic mass is 32.2. The van der Waals surface area contributed by atoms with Crippen LogP contribution in [0.3, 0.4) is 0 Å². The van der Waals surface area contributed by atoms with Gasteiger partial charge in [-0.15, -0.1) is 0 Å². The van der Waals surface area contributed by atoms with Crippen molar-refractivity contribution in [2.75, 3.05) is 13.2 Å². The van der Waals surface area contributed by atoms with Crippen LogP contribution in [-0.4, -0.2) is 26.6 Å². The lowest BCUT2D eigenvalue weighted by molar-refractivity contribution is 0.347. The second-order valence-electron chi connectivity index (χ2n) is 5.51. The first-order valence-corrected chi connectivity index (χ1v) is 8.97. The number of benzene rings is 1. The molecule has 0 amide bonds. The maximum absolute atomic E-state index is 12.9. The van der Waals surface area contributed by atoms with E-state index < -0.39 is 10.0 Å². The molecule has 0 unspecified atom stereocenters. The monoisotopic (exact) mass is 332 g/mol. The molecule has 4 rings (SSSR count). The Hall–Kier alpha value is -2.12. The summed E-state index contributed by atoms with van der Waals surface area (Å²) in [6, 6.07) is 7.30. The quantitative estimate of drug-likeness (QED) is 0.916. The summed E-state index contributed by atoms with van der Waals surface area (Å²) in [6.45, 7) is 1.14. The molecule has 0 fully saturated rings. The van der Waals surface area contributed by atoms with E-state index in [1.165, 1.54) is 0 Å². The molecule has 3 heterocycles. The van der Waals surface area contributed by atoms with Crippen molar-refractivity contribution in [2.45, 2.75) is 24.3 Å². The number of nitrogens with zero attached hydrogens (tertiary/aromatic N) is 1. The normalized spacial score (nSPS) is 15.7. The molecule has 6 nitrogen and oxygen atoms in total. The van der Waals surface area contributed by atoms with Crippen LogP contribution in [0, 0.1) is 0 Å². The summed E-state index contributed by atoms with van der Waals surface area (Å²) in [6.07, 6.45) is 2.92. The molecule has 0 spiro atoms. The van der Waals surface area contributed by atoms with Crippen molar-refractivity contribution in [3.63, 3.8) is 0 Å². The van der Waals surface area contributed by atoms with Gasteiger partial charge in [0, 0.05) is 30.2 Å². The molecule has 120 valence electrons. The van der Waals surface area contributed by atoms with Gasteiger partial charge in [-0.3, -0.25) is 4.98 Å². The minimum atomic E-state index is -3.70. The molecule has 0 saturated heterocycles. The summed E-state index contributed by atoms with van der Waals surface area (Å²) >= 11 is 0. The van der Waals surface area contributed by atoms with Crippen LogP contribution >= 0.6 is 0 Å². The van der Waals surface area contributed by atoms with Gasteiger partial charge in [-0.05, 0) is 18.2 Å². The molecule has 23 heavy (non-hydrogen) atoms. The van der Waals surface area contributed by atoms with Crippen LogP contribution in [0.4, 0.5) is 0 Å². The van der Waals surface area contributed by atoms with Crippen LogP contribution in [-0.2, 0) is 29.4 Å². The van der Waals surface area contributed by atoms with E-state index in [-0.39, 0.29) is 11.4 Å². The van der Waals surface area contributed by atoms with Crippen LogP contribution in [0.5, 0.6) is 11.5 Å². The van der Waals surface area contributed by atoms with Crippen LogP contribution in [0.25, 0.3) is 0 Å². The first kappa shape index (κ1) is 14.5. The van der Waals surface area contributed by atoms with E-state index in [0.717, 1.165) is 5.56 Å². The zero-order valence-corrected chi connectivity index (χ0v) is 13.2. The van der Waals surface area contributed by atoms with Gasteiger partial charge in [0.25, 0.3) is 0 Å². The standard InChI is InChI=1S/C16H16N2O4S/c19-23(20,18-10-12-3-1-2-6-17-12)16-13-5-8-21-14(13)9-11-4-7-22-15(11)16/h1-3,6,9,18H,4-5,7-8,10H2. The Morgan fingerprint density at radius 3 is 2.87 bits per heavy atom. The number of fused-ring (bicyclic) bond motifs is 2. The molecular weight excluding hydrogens is 316 g/mol. The Labute approximate surface area is 134 Å². The number of hydrogen-bond acceptors (Lipinski definition) is 5. The van der Waals surface area contributed by atoms with Crippen LogP contribution < -0.4 is 14.2 Å². The number of sulfonamides is 1. The summed E-state index contributed by atoms with van der Waals surface area (Å²) in [5.74, 6) is 1.13. The van der Waals surface area contributed by atoms with Gasteiger partial charge >= 0.3 is 0 Å². The lowest BCUT2D eigenvalue weighted by Gasteiger charge is -2.14. The van der Waals surface area contributed by atoms with Gasteiger partial charge in [-0.2, -0.15) is 0 Å². The van der Waals surface area contributed by atoms with Crippen LogP contribution in [0.15, 0.2) is 35.4 Å². The van der Waals surface area contributed by atoms with E-state index >= 15 is 0 Å². The van der Waals surface area contributed by atoms with Gasteiger partial charge in [0.05, 0.1) is 25.5 Å². The molecule has 1 N–H and O–H groups in total. The second-order valence-corrected chi connectivity index (χ2v) is 7.22. The number of aromatic nitrogens is 1. The molecule has 0 saturated carbocycles. The van der Waals surface area contributed by atoms with Gasteiger partial charge in [0.15, 0.2) is 0 Å². The first-order valence-electron chi connectivity index (χ1n) is 7.49. The molecule has 0 radical (unpaired) electrons. The molecule has 0 bridgehead atoms. The molecule has 2 aromatic rings.